The Morgan fingerprint density at radius 1 is 1.41 bits per heavy atom. The van der Waals surface area contributed by atoms with E-state index in [0.717, 1.165) is 31.0 Å². The molecule has 1 unspecified atom stereocenters. The smallest absolute Gasteiger partial charge is 0.377 e. The Bertz CT molecular complexity index is 808. The molecule has 1 fully saturated rings. The standard InChI is InChI=1S/C15H18ClF3N2O5S/c1-14(23,15(17,18)19)13(22)21-12-5-4-10(7-11(12)16)27(24,25)20-8-9-3-2-6-26-9/h4-5,7,9,20,23H,2-3,6,8H2,1H3,(H,21,22)/t9?,14-/m1/s1. The van der Waals surface area contributed by atoms with Crippen LogP contribution in [0.2, 0.25) is 5.02 Å². The van der Waals surface area contributed by atoms with E-state index in [9.17, 15) is 31.5 Å². The van der Waals surface area contributed by atoms with E-state index < -0.39 is 27.7 Å². The third-order valence-corrected chi connectivity index (χ3v) is 5.75. The van der Waals surface area contributed by atoms with Crippen LogP contribution in [0, 0.1) is 0 Å². The van der Waals surface area contributed by atoms with Gasteiger partial charge in [0.25, 0.3) is 5.91 Å². The van der Waals surface area contributed by atoms with Gasteiger partial charge < -0.3 is 15.2 Å². The largest absolute Gasteiger partial charge is 0.426 e. The third kappa shape index (κ3) is 5.11. The number of carbonyl (C=O) groups is 1. The number of anilines is 1. The van der Waals surface area contributed by atoms with Gasteiger partial charge in [-0.05, 0) is 38.0 Å². The van der Waals surface area contributed by atoms with Crippen molar-refractivity contribution < 1.29 is 36.2 Å². The Morgan fingerprint density at radius 3 is 2.59 bits per heavy atom. The molecule has 12 heteroatoms. The van der Waals surface area contributed by atoms with Crippen molar-refractivity contribution >= 4 is 33.2 Å². The van der Waals surface area contributed by atoms with Gasteiger partial charge >= 0.3 is 6.18 Å². The molecule has 0 aromatic heterocycles. The number of halogens is 4. The minimum atomic E-state index is -5.20. The summed E-state index contributed by atoms with van der Waals surface area (Å²) in [5.74, 6) is -1.75. The second-order valence-corrected chi connectivity index (χ2v) is 8.33. The van der Waals surface area contributed by atoms with Crippen LogP contribution in [0.25, 0.3) is 0 Å². The highest BCUT2D eigenvalue weighted by Gasteiger charge is 2.55. The van der Waals surface area contributed by atoms with E-state index in [0.29, 0.717) is 13.5 Å². The summed E-state index contributed by atoms with van der Waals surface area (Å²) in [6.07, 6.45) is -3.85. The summed E-state index contributed by atoms with van der Waals surface area (Å²) >= 11 is 5.88. The predicted molar refractivity (Wildman–Crippen MR) is 90.9 cm³/mol. The Labute approximate surface area is 158 Å². The fourth-order valence-corrected chi connectivity index (χ4v) is 3.61. The lowest BCUT2D eigenvalue weighted by atomic mass is 10.1. The SMILES string of the molecule is C[C@@](O)(C(=O)Nc1ccc(S(=O)(=O)NCC2CCCO2)cc1Cl)C(F)(F)F. The third-order valence-electron chi connectivity index (χ3n) is 4.02. The van der Waals surface area contributed by atoms with Gasteiger partial charge in [0.05, 0.1) is 21.7 Å². The van der Waals surface area contributed by atoms with Gasteiger partial charge in [0.2, 0.25) is 15.6 Å². The Kier molecular flexibility index (Phi) is 6.42. The number of hydrogen-bond acceptors (Lipinski definition) is 5. The van der Waals surface area contributed by atoms with E-state index in [4.69, 9.17) is 16.3 Å². The lowest BCUT2D eigenvalue weighted by molar-refractivity contribution is -0.242. The number of ether oxygens (including phenoxy) is 1. The number of amides is 1. The molecule has 1 aromatic carbocycles. The zero-order valence-corrected chi connectivity index (χ0v) is 15.7. The topological polar surface area (TPSA) is 105 Å². The lowest BCUT2D eigenvalue weighted by Gasteiger charge is -2.25. The molecule has 0 spiro atoms. The molecule has 7 nitrogen and oxygen atoms in total. The average Bonchev–Trinajstić information content (AvgIpc) is 3.07. The number of benzene rings is 1. The maximum absolute atomic E-state index is 12.7. The Hall–Kier alpha value is -1.40. The number of nitrogens with one attached hydrogen (secondary N) is 2. The minimum Gasteiger partial charge on any atom is -0.377 e. The van der Waals surface area contributed by atoms with Crippen LogP contribution in [0.3, 0.4) is 0 Å². The first-order chi connectivity index (χ1) is 12.3. The summed E-state index contributed by atoms with van der Waals surface area (Å²) in [7, 11) is -3.92. The molecule has 1 aliphatic rings. The number of hydrogen-bond donors (Lipinski definition) is 3. The van der Waals surface area contributed by atoms with E-state index in [1.165, 1.54) is 0 Å². The van der Waals surface area contributed by atoms with Crippen molar-refractivity contribution in [1.82, 2.24) is 4.72 Å². The Balaban J connectivity index is 2.11. The van der Waals surface area contributed by atoms with Gasteiger partial charge in [-0.3, -0.25) is 4.79 Å². The molecule has 152 valence electrons. The van der Waals surface area contributed by atoms with Crippen LogP contribution in [0.15, 0.2) is 23.1 Å². The molecule has 1 aromatic rings. The zero-order valence-electron chi connectivity index (χ0n) is 14.1. The van der Waals surface area contributed by atoms with Gasteiger partial charge in [-0.2, -0.15) is 13.2 Å². The van der Waals surface area contributed by atoms with E-state index in [2.05, 4.69) is 4.72 Å². The summed E-state index contributed by atoms with van der Waals surface area (Å²) in [5.41, 5.74) is -3.91. The fraction of sp³-hybridized carbons (Fsp3) is 0.533. The summed E-state index contributed by atoms with van der Waals surface area (Å²) in [4.78, 5) is 11.4. The second kappa shape index (κ2) is 7.92. The second-order valence-electron chi connectivity index (χ2n) is 6.15. The molecule has 1 amide bonds. The van der Waals surface area contributed by atoms with Gasteiger partial charge in [-0.1, -0.05) is 11.6 Å². The normalized spacial score (nSPS) is 20.3. The number of carbonyl (C=O) groups excluding carboxylic acids is 1. The van der Waals surface area contributed by atoms with E-state index >= 15 is 0 Å². The van der Waals surface area contributed by atoms with E-state index in [1.54, 1.807) is 0 Å². The van der Waals surface area contributed by atoms with E-state index in [1.807, 2.05) is 5.32 Å². The zero-order chi connectivity index (χ0) is 20.5. The highest BCUT2D eigenvalue weighted by atomic mass is 35.5. The van der Waals surface area contributed by atoms with Crippen LogP contribution in [0.5, 0.6) is 0 Å². The van der Waals surface area contributed by atoms with Crippen molar-refractivity contribution in [3.63, 3.8) is 0 Å². The van der Waals surface area contributed by atoms with Crippen LogP contribution in [0.1, 0.15) is 19.8 Å². The van der Waals surface area contributed by atoms with Gasteiger partial charge in [-0.15, -0.1) is 0 Å². The van der Waals surface area contributed by atoms with Gasteiger partial charge in [0.15, 0.2) is 0 Å². The quantitative estimate of drug-likeness (QED) is 0.640. The molecule has 1 heterocycles. The highest BCUT2D eigenvalue weighted by Crippen LogP contribution is 2.32. The number of alkyl halides is 3. The molecular formula is C15H18ClF3N2O5S. The van der Waals surface area contributed by atoms with Gasteiger partial charge in [0, 0.05) is 13.2 Å². The summed E-state index contributed by atoms with van der Waals surface area (Å²) in [6, 6.07) is 3.09. The first-order valence-corrected chi connectivity index (χ1v) is 9.72. The van der Waals surface area contributed by atoms with Crippen molar-refractivity contribution in [1.29, 1.82) is 0 Å². The van der Waals surface area contributed by atoms with Gasteiger partial charge in [-0.25, -0.2) is 13.1 Å². The number of aliphatic hydroxyl groups is 1. The average molecular weight is 431 g/mol. The first-order valence-electron chi connectivity index (χ1n) is 7.86. The maximum Gasteiger partial charge on any atom is 0.426 e. The van der Waals surface area contributed by atoms with Crippen LogP contribution in [0.4, 0.5) is 18.9 Å². The van der Waals surface area contributed by atoms with Crippen LogP contribution < -0.4 is 10.0 Å². The van der Waals surface area contributed by atoms with Gasteiger partial charge in [0.1, 0.15) is 0 Å². The van der Waals surface area contributed by atoms with Crippen molar-refractivity contribution in [2.45, 2.75) is 42.5 Å². The monoisotopic (exact) mass is 430 g/mol. The molecule has 1 aliphatic heterocycles. The molecule has 2 rings (SSSR count). The molecule has 2 atom stereocenters. The molecule has 27 heavy (non-hydrogen) atoms. The molecule has 3 N–H and O–H groups in total. The Morgan fingerprint density at radius 2 is 2.07 bits per heavy atom. The van der Waals surface area contributed by atoms with Crippen LogP contribution in [-0.2, 0) is 19.6 Å². The molecule has 1 saturated heterocycles. The molecule has 0 radical (unpaired) electrons. The van der Waals surface area contributed by atoms with Crippen LogP contribution >= 0.6 is 11.6 Å². The highest BCUT2D eigenvalue weighted by molar-refractivity contribution is 7.89. The summed E-state index contributed by atoms with van der Waals surface area (Å²) in [6.45, 7) is 0.936. The lowest BCUT2D eigenvalue weighted by Crippen LogP contribution is -2.52. The minimum absolute atomic E-state index is 0.0763. The number of sulfonamides is 1. The van der Waals surface area contributed by atoms with Crippen molar-refractivity contribution in [2.24, 2.45) is 0 Å². The van der Waals surface area contributed by atoms with Crippen LogP contribution in [-0.4, -0.2) is 50.5 Å². The van der Waals surface area contributed by atoms with Crippen molar-refractivity contribution in [3.8, 4) is 0 Å². The summed E-state index contributed by atoms with van der Waals surface area (Å²) < 4.78 is 70.2. The number of rotatable bonds is 6. The fourth-order valence-electron chi connectivity index (χ4n) is 2.23. The molecular weight excluding hydrogens is 413 g/mol. The predicted octanol–water partition coefficient (Wildman–Crippen LogP) is 2.05. The molecule has 0 saturated carbocycles. The first kappa shape index (κ1) is 21.9. The maximum atomic E-state index is 12.7. The van der Waals surface area contributed by atoms with Crippen molar-refractivity contribution in [3.05, 3.63) is 23.2 Å². The molecule has 0 aliphatic carbocycles. The van der Waals surface area contributed by atoms with Crippen molar-refractivity contribution in [2.75, 3.05) is 18.5 Å². The summed E-state index contributed by atoms with van der Waals surface area (Å²) in [5, 5.41) is 10.9. The molecule has 0 bridgehead atoms. The van der Waals surface area contributed by atoms with E-state index in [-0.39, 0.29) is 28.3 Å².